The van der Waals surface area contributed by atoms with Crippen LogP contribution in [0, 0.1) is 5.41 Å². The van der Waals surface area contributed by atoms with E-state index in [4.69, 9.17) is 0 Å². The summed E-state index contributed by atoms with van der Waals surface area (Å²) in [5, 5.41) is 0. The molecule has 0 amide bonds. The van der Waals surface area contributed by atoms with Gasteiger partial charge in [-0.25, -0.2) is 0 Å². The fraction of sp³-hybridized carbons (Fsp3) is 0.208. The SMILES string of the molecule is O=C1c2ccccc2CCC1(Cc1ccccc1)Cc1ccccc1. The quantitative estimate of drug-likeness (QED) is 0.637. The maximum atomic E-state index is 13.5. The van der Waals surface area contributed by atoms with E-state index in [-0.39, 0.29) is 5.41 Å². The minimum Gasteiger partial charge on any atom is -0.294 e. The van der Waals surface area contributed by atoms with Crippen molar-refractivity contribution in [3.8, 4) is 0 Å². The third-order valence-electron chi connectivity index (χ3n) is 5.39. The Hall–Kier alpha value is -2.67. The molecule has 3 aromatic carbocycles. The largest absolute Gasteiger partial charge is 0.294 e. The molecule has 0 unspecified atom stereocenters. The lowest BCUT2D eigenvalue weighted by atomic mass is 9.64. The first-order chi connectivity index (χ1) is 12.3. The first kappa shape index (κ1) is 15.8. The highest BCUT2D eigenvalue weighted by Gasteiger charge is 2.42. The number of carbonyl (C=O) groups excluding carboxylic acids is 1. The van der Waals surface area contributed by atoms with Gasteiger partial charge in [0.05, 0.1) is 0 Å². The van der Waals surface area contributed by atoms with E-state index in [1.807, 2.05) is 30.3 Å². The van der Waals surface area contributed by atoms with Gasteiger partial charge in [0.2, 0.25) is 0 Å². The van der Waals surface area contributed by atoms with Gasteiger partial charge in [-0.15, -0.1) is 0 Å². The van der Waals surface area contributed by atoms with Crippen LogP contribution in [0.15, 0.2) is 84.9 Å². The molecule has 0 atom stereocenters. The normalized spacial score (nSPS) is 15.6. The van der Waals surface area contributed by atoms with Gasteiger partial charge in [0.25, 0.3) is 0 Å². The van der Waals surface area contributed by atoms with Gasteiger partial charge in [0, 0.05) is 11.0 Å². The highest BCUT2D eigenvalue weighted by atomic mass is 16.1. The summed E-state index contributed by atoms with van der Waals surface area (Å²) in [6.07, 6.45) is 3.49. The van der Waals surface area contributed by atoms with Crippen LogP contribution in [-0.2, 0) is 19.3 Å². The lowest BCUT2D eigenvalue weighted by Crippen LogP contribution is -2.40. The number of hydrogen-bond acceptors (Lipinski definition) is 1. The average molecular weight is 326 g/mol. The monoisotopic (exact) mass is 326 g/mol. The van der Waals surface area contributed by atoms with Crippen molar-refractivity contribution in [2.75, 3.05) is 0 Å². The second-order valence-electron chi connectivity index (χ2n) is 7.09. The van der Waals surface area contributed by atoms with Gasteiger partial charge < -0.3 is 0 Å². The fourth-order valence-corrected chi connectivity index (χ4v) is 4.11. The molecule has 0 heterocycles. The second kappa shape index (κ2) is 6.68. The maximum absolute atomic E-state index is 13.5. The molecule has 0 saturated carbocycles. The first-order valence-electron chi connectivity index (χ1n) is 8.97. The van der Waals surface area contributed by atoms with Crippen LogP contribution in [-0.4, -0.2) is 5.78 Å². The van der Waals surface area contributed by atoms with Gasteiger partial charge in [-0.05, 0) is 42.4 Å². The van der Waals surface area contributed by atoms with Crippen LogP contribution >= 0.6 is 0 Å². The Bertz CT molecular complexity index is 823. The van der Waals surface area contributed by atoms with E-state index in [1.54, 1.807) is 0 Å². The lowest BCUT2D eigenvalue weighted by Gasteiger charge is -2.37. The molecule has 4 rings (SSSR count). The second-order valence-corrected chi connectivity index (χ2v) is 7.09. The molecule has 0 fully saturated rings. The summed E-state index contributed by atoms with van der Waals surface area (Å²) in [6.45, 7) is 0. The van der Waals surface area contributed by atoms with Crippen molar-refractivity contribution in [2.45, 2.75) is 25.7 Å². The number of ketones is 1. The zero-order chi connectivity index (χ0) is 17.1. The maximum Gasteiger partial charge on any atom is 0.169 e. The minimum atomic E-state index is -0.350. The third kappa shape index (κ3) is 3.15. The number of Topliss-reactive ketones (excluding diaryl/α,β-unsaturated/α-hetero) is 1. The Balaban J connectivity index is 1.75. The van der Waals surface area contributed by atoms with Crippen LogP contribution in [0.25, 0.3) is 0 Å². The zero-order valence-electron chi connectivity index (χ0n) is 14.3. The number of hydrogen-bond donors (Lipinski definition) is 0. The average Bonchev–Trinajstić information content (AvgIpc) is 2.67. The molecule has 0 saturated heterocycles. The Morgan fingerprint density at radius 2 is 1.20 bits per heavy atom. The number of carbonyl (C=O) groups is 1. The molecule has 1 heteroatoms. The van der Waals surface area contributed by atoms with Crippen LogP contribution in [0.2, 0.25) is 0 Å². The molecule has 0 spiro atoms. The summed E-state index contributed by atoms with van der Waals surface area (Å²) in [7, 11) is 0. The number of rotatable bonds is 4. The van der Waals surface area contributed by atoms with Crippen LogP contribution in [0.4, 0.5) is 0 Å². The van der Waals surface area contributed by atoms with E-state index in [2.05, 4.69) is 54.6 Å². The first-order valence-corrected chi connectivity index (χ1v) is 8.97. The van der Waals surface area contributed by atoms with E-state index in [0.29, 0.717) is 5.78 Å². The van der Waals surface area contributed by atoms with Crippen LogP contribution < -0.4 is 0 Å². The van der Waals surface area contributed by atoms with Crippen molar-refractivity contribution in [1.82, 2.24) is 0 Å². The molecule has 25 heavy (non-hydrogen) atoms. The number of aryl methyl sites for hydroxylation is 1. The summed E-state index contributed by atoms with van der Waals surface area (Å²) >= 11 is 0. The predicted molar refractivity (Wildman–Crippen MR) is 102 cm³/mol. The van der Waals surface area contributed by atoms with E-state index in [1.165, 1.54) is 16.7 Å². The van der Waals surface area contributed by atoms with Crippen LogP contribution in [0.5, 0.6) is 0 Å². The predicted octanol–water partition coefficient (Wildman–Crippen LogP) is 5.29. The Morgan fingerprint density at radius 3 is 1.80 bits per heavy atom. The third-order valence-corrected chi connectivity index (χ3v) is 5.39. The highest BCUT2D eigenvalue weighted by Crippen LogP contribution is 2.41. The van der Waals surface area contributed by atoms with Gasteiger partial charge in [0.15, 0.2) is 5.78 Å². The molecular weight excluding hydrogens is 304 g/mol. The number of fused-ring (bicyclic) bond motifs is 1. The Labute approximate surface area is 149 Å². The van der Waals surface area contributed by atoms with Gasteiger partial charge in [0.1, 0.15) is 0 Å². The molecule has 0 radical (unpaired) electrons. The molecule has 0 bridgehead atoms. The summed E-state index contributed by atoms with van der Waals surface area (Å²) in [6, 6.07) is 29.0. The molecule has 0 N–H and O–H groups in total. The molecule has 1 aliphatic carbocycles. The molecule has 0 aromatic heterocycles. The summed E-state index contributed by atoms with van der Waals surface area (Å²) in [4.78, 5) is 13.5. The van der Waals surface area contributed by atoms with Gasteiger partial charge in [-0.2, -0.15) is 0 Å². The molecule has 3 aromatic rings. The highest BCUT2D eigenvalue weighted by molar-refractivity contribution is 6.03. The fourth-order valence-electron chi connectivity index (χ4n) is 4.11. The van der Waals surface area contributed by atoms with E-state index in [0.717, 1.165) is 31.2 Å². The van der Waals surface area contributed by atoms with E-state index in [9.17, 15) is 4.79 Å². The van der Waals surface area contributed by atoms with Crippen molar-refractivity contribution >= 4 is 5.78 Å². The van der Waals surface area contributed by atoms with Crippen molar-refractivity contribution in [2.24, 2.45) is 5.41 Å². The van der Waals surface area contributed by atoms with Crippen molar-refractivity contribution in [1.29, 1.82) is 0 Å². The smallest absolute Gasteiger partial charge is 0.169 e. The van der Waals surface area contributed by atoms with Crippen molar-refractivity contribution in [3.63, 3.8) is 0 Å². The molecule has 1 nitrogen and oxygen atoms in total. The standard InChI is InChI=1S/C24H22O/c25-23-22-14-8-7-13-21(22)15-16-24(23,17-19-9-3-1-4-10-19)18-20-11-5-2-6-12-20/h1-14H,15-18H2. The summed E-state index contributed by atoms with van der Waals surface area (Å²) in [5.74, 6) is 0.307. The summed E-state index contributed by atoms with van der Waals surface area (Å²) in [5.41, 5.74) is 4.25. The molecule has 1 aliphatic rings. The number of benzene rings is 3. The van der Waals surface area contributed by atoms with Gasteiger partial charge in [-0.3, -0.25) is 4.79 Å². The molecule has 124 valence electrons. The van der Waals surface area contributed by atoms with Gasteiger partial charge >= 0.3 is 0 Å². The van der Waals surface area contributed by atoms with Crippen molar-refractivity contribution in [3.05, 3.63) is 107 Å². The van der Waals surface area contributed by atoms with Crippen LogP contribution in [0.1, 0.15) is 33.5 Å². The Morgan fingerprint density at radius 1 is 0.680 bits per heavy atom. The van der Waals surface area contributed by atoms with Crippen molar-refractivity contribution < 1.29 is 4.79 Å². The topological polar surface area (TPSA) is 17.1 Å². The molecule has 0 aliphatic heterocycles. The van der Waals surface area contributed by atoms with Gasteiger partial charge in [-0.1, -0.05) is 84.9 Å². The van der Waals surface area contributed by atoms with Crippen LogP contribution in [0.3, 0.4) is 0 Å². The zero-order valence-corrected chi connectivity index (χ0v) is 14.3. The van der Waals surface area contributed by atoms with E-state index < -0.39 is 0 Å². The molecular formula is C24H22O. The Kier molecular flexibility index (Phi) is 4.23. The lowest BCUT2D eigenvalue weighted by molar-refractivity contribution is 0.0753. The van der Waals surface area contributed by atoms with E-state index >= 15 is 0 Å². The summed E-state index contributed by atoms with van der Waals surface area (Å²) < 4.78 is 0. The minimum absolute atomic E-state index is 0.307.